The largest absolute Gasteiger partial charge is 0.478 e. The summed E-state index contributed by atoms with van der Waals surface area (Å²) in [4.78, 5) is 28.6. The minimum absolute atomic E-state index is 0.0419. The molecule has 6 nitrogen and oxygen atoms in total. The second kappa shape index (κ2) is 7.60. The van der Waals surface area contributed by atoms with Crippen LogP contribution in [0.2, 0.25) is 0 Å². The molecule has 1 aromatic heterocycles. The van der Waals surface area contributed by atoms with E-state index in [9.17, 15) is 14.0 Å². The first-order valence-electron chi connectivity index (χ1n) is 7.91. The fourth-order valence-corrected chi connectivity index (χ4v) is 2.36. The first kappa shape index (κ1) is 17.3. The Morgan fingerprint density at radius 2 is 1.81 bits per heavy atom. The Bertz CT molecular complexity index is 956. The van der Waals surface area contributed by atoms with E-state index < -0.39 is 23.7 Å². The number of fused-ring (bicyclic) bond motifs is 1. The standard InChI is InChI=1S/C19H16FN3O3/c1-12(26-16-10-3-2-9-15(16)20)18(24)22-23-19(25)14-8-4-6-13-7-5-11-21-17(13)14/h2-12H,1H3,(H,22,24)(H,23,25). The molecule has 0 saturated carbocycles. The SMILES string of the molecule is CC(Oc1ccccc1F)C(=O)NNC(=O)c1cccc2cccnc12. The number of hydrazine groups is 1. The normalized spacial score (nSPS) is 11.6. The maximum atomic E-state index is 13.6. The van der Waals surface area contributed by atoms with Gasteiger partial charge in [0.2, 0.25) is 0 Å². The monoisotopic (exact) mass is 353 g/mol. The van der Waals surface area contributed by atoms with Crippen molar-refractivity contribution in [2.24, 2.45) is 0 Å². The molecule has 1 heterocycles. The maximum Gasteiger partial charge on any atom is 0.279 e. The topological polar surface area (TPSA) is 80.3 Å². The van der Waals surface area contributed by atoms with Crippen molar-refractivity contribution in [3.05, 3.63) is 72.2 Å². The van der Waals surface area contributed by atoms with Crippen LogP contribution in [-0.4, -0.2) is 22.9 Å². The smallest absolute Gasteiger partial charge is 0.279 e. The van der Waals surface area contributed by atoms with Gasteiger partial charge in [-0.15, -0.1) is 0 Å². The average molecular weight is 353 g/mol. The highest BCUT2D eigenvalue weighted by molar-refractivity contribution is 6.05. The van der Waals surface area contributed by atoms with E-state index in [1.807, 2.05) is 12.1 Å². The van der Waals surface area contributed by atoms with Crippen molar-refractivity contribution in [1.29, 1.82) is 0 Å². The zero-order valence-corrected chi connectivity index (χ0v) is 13.9. The lowest BCUT2D eigenvalue weighted by atomic mass is 10.1. The maximum absolute atomic E-state index is 13.6. The zero-order chi connectivity index (χ0) is 18.5. The van der Waals surface area contributed by atoms with E-state index in [0.717, 1.165) is 5.39 Å². The molecule has 3 aromatic rings. The molecule has 1 atom stereocenters. The summed E-state index contributed by atoms with van der Waals surface area (Å²) in [7, 11) is 0. The minimum Gasteiger partial charge on any atom is -0.478 e. The van der Waals surface area contributed by atoms with Gasteiger partial charge in [-0.2, -0.15) is 0 Å². The van der Waals surface area contributed by atoms with Crippen LogP contribution in [0.4, 0.5) is 4.39 Å². The molecule has 2 N–H and O–H groups in total. The summed E-state index contributed by atoms with van der Waals surface area (Å²) in [5.41, 5.74) is 5.44. The van der Waals surface area contributed by atoms with Gasteiger partial charge in [0.1, 0.15) is 0 Å². The number of aromatic nitrogens is 1. The summed E-state index contributed by atoms with van der Waals surface area (Å²) in [6.45, 7) is 1.45. The van der Waals surface area contributed by atoms with Crippen LogP contribution in [0, 0.1) is 5.82 Å². The Hall–Kier alpha value is -3.48. The van der Waals surface area contributed by atoms with Crippen LogP contribution in [0.5, 0.6) is 5.75 Å². The van der Waals surface area contributed by atoms with Gasteiger partial charge in [-0.3, -0.25) is 25.4 Å². The van der Waals surface area contributed by atoms with Gasteiger partial charge in [0.25, 0.3) is 11.8 Å². The Morgan fingerprint density at radius 3 is 2.62 bits per heavy atom. The Kier molecular flexibility index (Phi) is 5.07. The summed E-state index contributed by atoms with van der Waals surface area (Å²) in [6.07, 6.45) is 0.583. The molecule has 7 heteroatoms. The number of nitrogens with one attached hydrogen (secondary N) is 2. The third kappa shape index (κ3) is 3.77. The van der Waals surface area contributed by atoms with E-state index >= 15 is 0 Å². The molecule has 0 saturated heterocycles. The van der Waals surface area contributed by atoms with Crippen molar-refractivity contribution in [3.8, 4) is 5.75 Å². The Morgan fingerprint density at radius 1 is 1.04 bits per heavy atom. The number of pyridine rings is 1. The van der Waals surface area contributed by atoms with Crippen LogP contribution >= 0.6 is 0 Å². The van der Waals surface area contributed by atoms with Crippen molar-refractivity contribution in [2.45, 2.75) is 13.0 Å². The molecule has 132 valence electrons. The van der Waals surface area contributed by atoms with E-state index in [0.29, 0.717) is 11.1 Å². The minimum atomic E-state index is -1.00. The number of rotatable bonds is 4. The second-order valence-electron chi connectivity index (χ2n) is 5.51. The summed E-state index contributed by atoms with van der Waals surface area (Å²) >= 11 is 0. The molecule has 2 aromatic carbocycles. The third-order valence-corrected chi connectivity index (χ3v) is 3.69. The predicted octanol–water partition coefficient (Wildman–Crippen LogP) is 2.60. The van der Waals surface area contributed by atoms with E-state index in [1.165, 1.54) is 25.1 Å². The van der Waals surface area contributed by atoms with Gasteiger partial charge < -0.3 is 4.74 Å². The third-order valence-electron chi connectivity index (χ3n) is 3.69. The summed E-state index contributed by atoms with van der Waals surface area (Å²) in [5.74, 6) is -1.74. The van der Waals surface area contributed by atoms with Gasteiger partial charge in [-0.05, 0) is 31.2 Å². The van der Waals surface area contributed by atoms with E-state index in [-0.39, 0.29) is 5.75 Å². The molecule has 0 aliphatic heterocycles. The quantitative estimate of drug-likeness (QED) is 0.707. The average Bonchev–Trinajstić information content (AvgIpc) is 2.67. The van der Waals surface area contributed by atoms with Gasteiger partial charge in [0, 0.05) is 11.6 Å². The molecule has 0 aliphatic rings. The zero-order valence-electron chi connectivity index (χ0n) is 13.9. The number of amides is 2. The molecule has 0 radical (unpaired) electrons. The lowest BCUT2D eigenvalue weighted by Crippen LogP contribution is -2.47. The number of hydrogen-bond donors (Lipinski definition) is 2. The molecule has 0 spiro atoms. The van der Waals surface area contributed by atoms with Crippen LogP contribution in [0.1, 0.15) is 17.3 Å². The molecule has 26 heavy (non-hydrogen) atoms. The number of carbonyl (C=O) groups is 2. The lowest BCUT2D eigenvalue weighted by Gasteiger charge is -2.15. The second-order valence-corrected chi connectivity index (χ2v) is 5.51. The highest BCUT2D eigenvalue weighted by atomic mass is 19.1. The number of hydrogen-bond acceptors (Lipinski definition) is 4. The predicted molar refractivity (Wildman–Crippen MR) is 93.8 cm³/mol. The van der Waals surface area contributed by atoms with Crippen molar-refractivity contribution in [3.63, 3.8) is 0 Å². The van der Waals surface area contributed by atoms with Crippen molar-refractivity contribution in [2.75, 3.05) is 0 Å². The van der Waals surface area contributed by atoms with E-state index in [4.69, 9.17) is 4.74 Å². The number of para-hydroxylation sites is 2. The van der Waals surface area contributed by atoms with E-state index in [2.05, 4.69) is 15.8 Å². The Labute approximate surface area is 149 Å². The van der Waals surface area contributed by atoms with Gasteiger partial charge in [0.15, 0.2) is 17.7 Å². The van der Waals surface area contributed by atoms with Crippen LogP contribution in [0.3, 0.4) is 0 Å². The fourth-order valence-electron chi connectivity index (χ4n) is 2.36. The number of halogens is 1. The highest BCUT2D eigenvalue weighted by Gasteiger charge is 2.18. The number of carbonyl (C=O) groups excluding carboxylic acids is 2. The lowest BCUT2D eigenvalue weighted by molar-refractivity contribution is -0.128. The number of benzene rings is 2. The number of nitrogens with zero attached hydrogens (tertiary/aromatic N) is 1. The molecule has 0 fully saturated rings. The van der Waals surface area contributed by atoms with Gasteiger partial charge in [-0.1, -0.05) is 30.3 Å². The van der Waals surface area contributed by atoms with Crippen molar-refractivity contribution in [1.82, 2.24) is 15.8 Å². The molecular weight excluding hydrogens is 337 g/mol. The summed E-state index contributed by atoms with van der Waals surface area (Å²) in [5, 5.41) is 0.808. The van der Waals surface area contributed by atoms with Gasteiger partial charge in [-0.25, -0.2) is 4.39 Å². The van der Waals surface area contributed by atoms with Crippen molar-refractivity contribution < 1.29 is 18.7 Å². The van der Waals surface area contributed by atoms with Crippen LogP contribution in [0.15, 0.2) is 60.8 Å². The summed E-state index contributed by atoms with van der Waals surface area (Å²) in [6, 6.07) is 14.5. The molecule has 2 amide bonds. The van der Waals surface area contributed by atoms with E-state index in [1.54, 1.807) is 30.5 Å². The number of ether oxygens (including phenoxy) is 1. The highest BCUT2D eigenvalue weighted by Crippen LogP contribution is 2.17. The van der Waals surface area contributed by atoms with Gasteiger partial charge in [0.05, 0.1) is 11.1 Å². The van der Waals surface area contributed by atoms with Crippen LogP contribution < -0.4 is 15.6 Å². The molecule has 0 aliphatic carbocycles. The molecule has 0 bridgehead atoms. The summed E-state index contributed by atoms with van der Waals surface area (Å²) < 4.78 is 18.8. The first-order chi connectivity index (χ1) is 12.6. The van der Waals surface area contributed by atoms with Crippen molar-refractivity contribution >= 4 is 22.7 Å². The van der Waals surface area contributed by atoms with Gasteiger partial charge >= 0.3 is 0 Å². The fraction of sp³-hybridized carbons (Fsp3) is 0.105. The first-order valence-corrected chi connectivity index (χ1v) is 7.91. The Balaban J connectivity index is 1.63. The molecule has 1 unspecified atom stereocenters. The molecular formula is C19H16FN3O3. The van der Waals surface area contributed by atoms with Crippen LogP contribution in [-0.2, 0) is 4.79 Å². The van der Waals surface area contributed by atoms with Crippen LogP contribution in [0.25, 0.3) is 10.9 Å². The molecule has 3 rings (SSSR count).